The molecular formula is C30H50O2. The number of ether oxygens (including phenoxy) is 1. The Hall–Kier alpha value is -0.600. The molecule has 0 aromatic heterocycles. The van der Waals surface area contributed by atoms with E-state index in [-0.39, 0.29) is 6.10 Å². The number of hydrogen-bond acceptors (Lipinski definition) is 2. The topological polar surface area (TPSA) is 29.5 Å². The summed E-state index contributed by atoms with van der Waals surface area (Å²) >= 11 is 0. The van der Waals surface area contributed by atoms with Crippen molar-refractivity contribution in [1.82, 2.24) is 0 Å². The average Bonchev–Trinajstić information content (AvgIpc) is 3.48. The van der Waals surface area contributed by atoms with Crippen molar-refractivity contribution in [2.45, 2.75) is 130 Å². The van der Waals surface area contributed by atoms with E-state index in [0.29, 0.717) is 22.9 Å². The van der Waals surface area contributed by atoms with Crippen LogP contribution in [0.5, 0.6) is 0 Å². The fourth-order valence-electron chi connectivity index (χ4n) is 7.77. The fourth-order valence-corrected chi connectivity index (χ4v) is 7.77. The SMILES string of the molecule is CCC(CC)CCCOC(C)C1CCC2/C(=C/C=C3/CCC4(CC4)C(O)C3)CCCC21C. The molecule has 0 aromatic rings. The smallest absolute Gasteiger partial charge is 0.0633 e. The number of aliphatic hydroxyl groups excluding tert-OH is 1. The average molecular weight is 443 g/mol. The van der Waals surface area contributed by atoms with Gasteiger partial charge in [-0.3, -0.25) is 0 Å². The molecule has 0 saturated heterocycles. The van der Waals surface area contributed by atoms with Gasteiger partial charge in [0.2, 0.25) is 0 Å². The van der Waals surface area contributed by atoms with E-state index in [1.54, 1.807) is 5.57 Å². The van der Waals surface area contributed by atoms with Crippen molar-refractivity contribution in [3.05, 3.63) is 23.3 Å². The van der Waals surface area contributed by atoms with Crippen LogP contribution in [0.2, 0.25) is 0 Å². The van der Waals surface area contributed by atoms with Gasteiger partial charge in [-0.2, -0.15) is 0 Å². The second kappa shape index (κ2) is 10.3. The Morgan fingerprint density at radius 2 is 1.84 bits per heavy atom. The van der Waals surface area contributed by atoms with Gasteiger partial charge < -0.3 is 9.84 Å². The lowest BCUT2D eigenvalue weighted by atomic mass is 9.62. The van der Waals surface area contributed by atoms with Crippen molar-refractivity contribution in [2.75, 3.05) is 6.61 Å². The Morgan fingerprint density at radius 3 is 2.53 bits per heavy atom. The Morgan fingerprint density at radius 1 is 1.06 bits per heavy atom. The van der Waals surface area contributed by atoms with Gasteiger partial charge in [0.05, 0.1) is 12.2 Å². The molecule has 2 heteroatoms. The summed E-state index contributed by atoms with van der Waals surface area (Å²) in [5, 5.41) is 10.6. The summed E-state index contributed by atoms with van der Waals surface area (Å²) in [6.07, 6.45) is 22.8. The standard InChI is InChI=1S/C30H50O2/c1-5-23(6-2)9-8-20-32-22(3)26-13-14-27-25(10-7-16-29(26,27)4)12-11-24-15-17-30(18-19-30)28(31)21-24/h11-12,22-23,26-28,31H,5-10,13-21H2,1-4H3/b24-11-,25-12+. The van der Waals surface area contributed by atoms with Gasteiger partial charge in [-0.1, -0.05) is 56.9 Å². The lowest BCUT2D eigenvalue weighted by Gasteiger charge is -2.44. The first-order chi connectivity index (χ1) is 15.4. The summed E-state index contributed by atoms with van der Waals surface area (Å²) in [4.78, 5) is 0. The van der Waals surface area contributed by atoms with E-state index in [4.69, 9.17) is 4.74 Å². The van der Waals surface area contributed by atoms with Crippen LogP contribution in [-0.4, -0.2) is 23.9 Å². The highest BCUT2D eigenvalue weighted by Crippen LogP contribution is 2.59. The van der Waals surface area contributed by atoms with Crippen molar-refractivity contribution in [2.24, 2.45) is 28.6 Å². The van der Waals surface area contributed by atoms with E-state index >= 15 is 0 Å². The van der Waals surface area contributed by atoms with Gasteiger partial charge in [0.25, 0.3) is 0 Å². The third-order valence-corrected chi connectivity index (χ3v) is 10.4. The Balaban J connectivity index is 1.33. The lowest BCUT2D eigenvalue weighted by Crippen LogP contribution is -2.38. The zero-order chi connectivity index (χ0) is 22.8. The highest BCUT2D eigenvalue weighted by Gasteiger charge is 2.52. The van der Waals surface area contributed by atoms with Gasteiger partial charge in [0.1, 0.15) is 0 Å². The first-order valence-corrected chi connectivity index (χ1v) is 14.1. The predicted octanol–water partition coefficient (Wildman–Crippen LogP) is 8.00. The summed E-state index contributed by atoms with van der Waals surface area (Å²) in [6, 6.07) is 0. The number of aliphatic hydroxyl groups is 1. The van der Waals surface area contributed by atoms with Gasteiger partial charge in [-0.25, -0.2) is 0 Å². The molecule has 4 saturated carbocycles. The second-order valence-electron chi connectivity index (χ2n) is 12.1. The first kappa shape index (κ1) is 24.5. The van der Waals surface area contributed by atoms with Crippen molar-refractivity contribution in [3.8, 4) is 0 Å². The molecule has 0 aliphatic heterocycles. The van der Waals surface area contributed by atoms with Crippen molar-refractivity contribution in [3.63, 3.8) is 0 Å². The monoisotopic (exact) mass is 442 g/mol. The Bertz CT molecular complexity index is 683. The van der Waals surface area contributed by atoms with Crippen molar-refractivity contribution in [1.29, 1.82) is 0 Å². The van der Waals surface area contributed by atoms with Crippen LogP contribution in [0.4, 0.5) is 0 Å². The lowest BCUT2D eigenvalue weighted by molar-refractivity contribution is -0.0268. The number of hydrogen-bond donors (Lipinski definition) is 1. The summed E-state index contributed by atoms with van der Waals surface area (Å²) < 4.78 is 6.45. The van der Waals surface area contributed by atoms with Crippen LogP contribution < -0.4 is 0 Å². The molecule has 182 valence electrons. The first-order valence-electron chi connectivity index (χ1n) is 14.1. The van der Waals surface area contributed by atoms with Crippen LogP contribution >= 0.6 is 0 Å². The summed E-state index contributed by atoms with van der Waals surface area (Å²) in [5.74, 6) is 2.31. The second-order valence-corrected chi connectivity index (χ2v) is 12.1. The zero-order valence-electron chi connectivity index (χ0n) is 21.5. The van der Waals surface area contributed by atoms with Gasteiger partial charge in [0, 0.05) is 6.61 Å². The molecule has 5 unspecified atom stereocenters. The molecule has 2 nitrogen and oxygen atoms in total. The van der Waals surface area contributed by atoms with Crippen LogP contribution in [0.15, 0.2) is 23.3 Å². The van der Waals surface area contributed by atoms with Crippen LogP contribution in [-0.2, 0) is 4.74 Å². The largest absolute Gasteiger partial charge is 0.392 e. The molecule has 32 heavy (non-hydrogen) atoms. The third kappa shape index (κ3) is 5.07. The van der Waals surface area contributed by atoms with Gasteiger partial charge in [-0.05, 0) is 113 Å². The minimum absolute atomic E-state index is 0.0867. The summed E-state index contributed by atoms with van der Waals surface area (Å²) in [5.41, 5.74) is 3.90. The molecule has 4 aliphatic rings. The van der Waals surface area contributed by atoms with E-state index in [9.17, 15) is 5.11 Å². The molecule has 1 N–H and O–H groups in total. The fraction of sp³-hybridized carbons (Fsp3) is 0.867. The van der Waals surface area contributed by atoms with Crippen LogP contribution in [0.25, 0.3) is 0 Å². The van der Waals surface area contributed by atoms with Crippen molar-refractivity contribution < 1.29 is 9.84 Å². The van der Waals surface area contributed by atoms with E-state index in [1.807, 2.05) is 0 Å². The molecule has 0 heterocycles. The van der Waals surface area contributed by atoms with Crippen LogP contribution in [0.3, 0.4) is 0 Å². The third-order valence-electron chi connectivity index (χ3n) is 10.4. The van der Waals surface area contributed by atoms with Crippen LogP contribution in [0.1, 0.15) is 118 Å². The van der Waals surface area contributed by atoms with E-state index in [1.165, 1.54) is 89.0 Å². The number of rotatable bonds is 9. The highest BCUT2D eigenvalue weighted by atomic mass is 16.5. The molecule has 0 aromatic carbocycles. The van der Waals surface area contributed by atoms with Crippen LogP contribution in [0, 0.1) is 28.6 Å². The molecule has 4 fully saturated rings. The summed E-state index contributed by atoms with van der Waals surface area (Å²) in [6.45, 7) is 10.5. The molecule has 0 bridgehead atoms. The molecular weight excluding hydrogens is 392 g/mol. The number of fused-ring (bicyclic) bond motifs is 1. The maximum atomic E-state index is 10.6. The molecule has 0 amide bonds. The quantitative estimate of drug-likeness (QED) is 0.366. The Labute approximate surface area is 198 Å². The van der Waals surface area contributed by atoms with Gasteiger partial charge in [0.15, 0.2) is 0 Å². The predicted molar refractivity (Wildman–Crippen MR) is 135 cm³/mol. The number of allylic oxidation sites excluding steroid dienone is 3. The van der Waals surface area contributed by atoms with Gasteiger partial charge in [-0.15, -0.1) is 0 Å². The Kier molecular flexibility index (Phi) is 7.93. The van der Waals surface area contributed by atoms with E-state index < -0.39 is 0 Å². The zero-order valence-corrected chi connectivity index (χ0v) is 21.5. The van der Waals surface area contributed by atoms with Crippen molar-refractivity contribution >= 4 is 0 Å². The highest BCUT2D eigenvalue weighted by molar-refractivity contribution is 5.27. The molecule has 4 rings (SSSR count). The maximum absolute atomic E-state index is 10.6. The van der Waals surface area contributed by atoms with E-state index in [2.05, 4.69) is 39.8 Å². The molecule has 1 spiro atoms. The minimum atomic E-state index is -0.0867. The molecule has 5 atom stereocenters. The van der Waals surface area contributed by atoms with E-state index in [0.717, 1.165) is 24.9 Å². The normalized spacial score (nSPS) is 37.4. The molecule has 0 radical (unpaired) electrons. The van der Waals surface area contributed by atoms with Gasteiger partial charge >= 0.3 is 0 Å². The molecule has 4 aliphatic carbocycles. The minimum Gasteiger partial charge on any atom is -0.392 e. The summed E-state index contributed by atoms with van der Waals surface area (Å²) in [7, 11) is 0. The maximum Gasteiger partial charge on any atom is 0.0633 e.